The van der Waals surface area contributed by atoms with Gasteiger partial charge in [-0.1, -0.05) is 6.07 Å². The topological polar surface area (TPSA) is 121 Å². The fraction of sp³-hybridized carbons (Fsp3) is 0.250. The van der Waals surface area contributed by atoms with Gasteiger partial charge in [-0.3, -0.25) is 9.59 Å². The number of amides is 1. The highest BCUT2D eigenvalue weighted by Gasteiger charge is 2.16. The van der Waals surface area contributed by atoms with Crippen LogP contribution in [0.4, 0.5) is 0 Å². The van der Waals surface area contributed by atoms with E-state index in [-0.39, 0.29) is 6.42 Å². The number of aliphatic carboxylic acids is 1. The molecule has 1 amide bonds. The van der Waals surface area contributed by atoms with E-state index in [9.17, 15) is 9.59 Å². The van der Waals surface area contributed by atoms with Crippen LogP contribution in [0.2, 0.25) is 0 Å². The average molecular weight is 262 g/mol. The Bertz CT molecular complexity index is 608. The number of carbonyl (C=O) groups excluding carboxylic acids is 1. The van der Waals surface area contributed by atoms with Crippen molar-refractivity contribution >= 4 is 22.9 Å². The summed E-state index contributed by atoms with van der Waals surface area (Å²) in [6.45, 7) is 0.293. The Hall–Kier alpha value is -2.41. The van der Waals surface area contributed by atoms with E-state index in [2.05, 4.69) is 15.3 Å². The van der Waals surface area contributed by atoms with E-state index < -0.39 is 17.9 Å². The molecule has 0 aliphatic carbocycles. The first-order valence-corrected chi connectivity index (χ1v) is 5.73. The summed E-state index contributed by atoms with van der Waals surface area (Å²) >= 11 is 0. The number of H-pyrrole nitrogens is 1. The fourth-order valence-corrected chi connectivity index (χ4v) is 1.69. The van der Waals surface area contributed by atoms with Gasteiger partial charge in [-0.15, -0.1) is 0 Å². The predicted octanol–water partition coefficient (Wildman–Crippen LogP) is -0.0189. The number of aromatic nitrogens is 2. The van der Waals surface area contributed by atoms with Gasteiger partial charge in [-0.05, 0) is 17.7 Å². The molecule has 1 heterocycles. The van der Waals surface area contributed by atoms with Gasteiger partial charge in [0.05, 0.1) is 29.8 Å². The number of fused-ring (bicyclic) bond motifs is 1. The Morgan fingerprint density at radius 1 is 1.47 bits per heavy atom. The van der Waals surface area contributed by atoms with Gasteiger partial charge >= 0.3 is 5.97 Å². The smallest absolute Gasteiger partial charge is 0.305 e. The van der Waals surface area contributed by atoms with Crippen molar-refractivity contribution < 1.29 is 14.7 Å². The molecule has 0 spiro atoms. The second-order valence-electron chi connectivity index (χ2n) is 4.18. The lowest BCUT2D eigenvalue weighted by Crippen LogP contribution is -2.41. The average Bonchev–Trinajstić information content (AvgIpc) is 2.82. The second-order valence-corrected chi connectivity index (χ2v) is 4.18. The second kappa shape index (κ2) is 5.49. The summed E-state index contributed by atoms with van der Waals surface area (Å²) in [5, 5.41) is 11.1. The third kappa shape index (κ3) is 3.29. The van der Waals surface area contributed by atoms with Gasteiger partial charge < -0.3 is 21.1 Å². The van der Waals surface area contributed by atoms with Crippen LogP contribution >= 0.6 is 0 Å². The number of carboxylic acid groups (broad SMARTS) is 1. The molecule has 0 saturated carbocycles. The van der Waals surface area contributed by atoms with Crippen molar-refractivity contribution in [1.82, 2.24) is 15.3 Å². The summed E-state index contributed by atoms with van der Waals surface area (Å²) in [5.41, 5.74) is 8.05. The van der Waals surface area contributed by atoms with Gasteiger partial charge in [0.15, 0.2) is 0 Å². The number of aromatic amines is 1. The monoisotopic (exact) mass is 262 g/mol. The molecule has 2 rings (SSSR count). The van der Waals surface area contributed by atoms with Crippen molar-refractivity contribution in [2.45, 2.75) is 19.0 Å². The molecule has 0 aliphatic rings. The summed E-state index contributed by atoms with van der Waals surface area (Å²) in [6, 6.07) is 4.51. The SMILES string of the molecule is NC(CC(=O)O)C(=O)NCc1ccc2nc[nH]c2c1. The number of benzene rings is 1. The maximum absolute atomic E-state index is 11.5. The molecule has 7 nitrogen and oxygen atoms in total. The molecule has 7 heteroatoms. The zero-order chi connectivity index (χ0) is 13.8. The van der Waals surface area contributed by atoms with Gasteiger partial charge in [0.25, 0.3) is 0 Å². The largest absolute Gasteiger partial charge is 0.481 e. The van der Waals surface area contributed by atoms with E-state index >= 15 is 0 Å². The third-order valence-corrected chi connectivity index (χ3v) is 2.68. The first kappa shape index (κ1) is 13.0. The van der Waals surface area contributed by atoms with Gasteiger partial charge in [0.2, 0.25) is 5.91 Å². The van der Waals surface area contributed by atoms with Crippen LogP contribution in [0.15, 0.2) is 24.5 Å². The molecule has 1 atom stereocenters. The lowest BCUT2D eigenvalue weighted by molar-refractivity contribution is -0.139. The van der Waals surface area contributed by atoms with Gasteiger partial charge in [-0.25, -0.2) is 4.98 Å². The van der Waals surface area contributed by atoms with E-state index in [1.165, 1.54) is 0 Å². The van der Waals surface area contributed by atoms with Crippen LogP contribution in [0.5, 0.6) is 0 Å². The number of carboxylic acids is 1. The van der Waals surface area contributed by atoms with Crippen LogP contribution in [0.3, 0.4) is 0 Å². The maximum Gasteiger partial charge on any atom is 0.305 e. The van der Waals surface area contributed by atoms with E-state index in [1.807, 2.05) is 18.2 Å². The molecular formula is C12H14N4O3. The summed E-state index contributed by atoms with van der Waals surface area (Å²) in [6.07, 6.45) is 1.21. The standard InChI is InChI=1S/C12H14N4O3/c13-8(4-11(17)18)12(19)14-5-7-1-2-9-10(3-7)16-6-15-9/h1-3,6,8H,4-5,13H2,(H,14,19)(H,15,16)(H,17,18). The number of carbonyl (C=O) groups is 2. The quantitative estimate of drug-likeness (QED) is 0.603. The summed E-state index contributed by atoms with van der Waals surface area (Å²) in [5.74, 6) is -1.58. The summed E-state index contributed by atoms with van der Waals surface area (Å²) < 4.78 is 0. The molecule has 1 aromatic carbocycles. The molecule has 0 bridgehead atoms. The molecule has 0 saturated heterocycles. The van der Waals surface area contributed by atoms with Gasteiger partial charge in [-0.2, -0.15) is 0 Å². The minimum Gasteiger partial charge on any atom is -0.481 e. The first-order valence-electron chi connectivity index (χ1n) is 5.73. The van der Waals surface area contributed by atoms with E-state index in [0.29, 0.717) is 6.54 Å². The van der Waals surface area contributed by atoms with Crippen LogP contribution in [0.25, 0.3) is 11.0 Å². The predicted molar refractivity (Wildman–Crippen MR) is 68.2 cm³/mol. The van der Waals surface area contributed by atoms with Crippen molar-refractivity contribution in [2.24, 2.45) is 5.73 Å². The van der Waals surface area contributed by atoms with Crippen LogP contribution in [0, 0.1) is 0 Å². The minimum absolute atomic E-state index is 0.293. The summed E-state index contributed by atoms with van der Waals surface area (Å²) in [7, 11) is 0. The zero-order valence-electron chi connectivity index (χ0n) is 10.1. The number of nitrogens with two attached hydrogens (primary N) is 1. The molecule has 0 aliphatic heterocycles. The Labute approximate surface area is 108 Å². The number of imidazole rings is 1. The van der Waals surface area contributed by atoms with E-state index in [0.717, 1.165) is 16.6 Å². The van der Waals surface area contributed by atoms with Crippen molar-refractivity contribution in [3.05, 3.63) is 30.1 Å². The Morgan fingerprint density at radius 2 is 2.26 bits per heavy atom. The highest BCUT2D eigenvalue weighted by molar-refractivity contribution is 5.86. The van der Waals surface area contributed by atoms with Crippen molar-refractivity contribution in [2.75, 3.05) is 0 Å². The van der Waals surface area contributed by atoms with E-state index in [4.69, 9.17) is 10.8 Å². The van der Waals surface area contributed by atoms with Crippen molar-refractivity contribution in [3.63, 3.8) is 0 Å². The fourth-order valence-electron chi connectivity index (χ4n) is 1.69. The van der Waals surface area contributed by atoms with Crippen LogP contribution in [0.1, 0.15) is 12.0 Å². The molecule has 5 N–H and O–H groups in total. The highest BCUT2D eigenvalue weighted by atomic mass is 16.4. The van der Waals surface area contributed by atoms with Crippen molar-refractivity contribution in [3.8, 4) is 0 Å². The first-order chi connectivity index (χ1) is 9.06. The van der Waals surface area contributed by atoms with Crippen LogP contribution in [-0.2, 0) is 16.1 Å². The number of nitrogens with zero attached hydrogens (tertiary/aromatic N) is 1. The zero-order valence-corrected chi connectivity index (χ0v) is 10.1. The number of hydrogen-bond acceptors (Lipinski definition) is 4. The number of nitrogens with one attached hydrogen (secondary N) is 2. The minimum atomic E-state index is -1.10. The molecular weight excluding hydrogens is 248 g/mol. The van der Waals surface area contributed by atoms with Crippen molar-refractivity contribution in [1.29, 1.82) is 0 Å². The Balaban J connectivity index is 1.94. The molecule has 100 valence electrons. The lowest BCUT2D eigenvalue weighted by Gasteiger charge is -2.10. The van der Waals surface area contributed by atoms with Gasteiger partial charge in [0.1, 0.15) is 0 Å². The number of hydrogen-bond donors (Lipinski definition) is 4. The molecule has 2 aromatic rings. The van der Waals surface area contributed by atoms with Gasteiger partial charge in [0, 0.05) is 6.54 Å². The molecule has 19 heavy (non-hydrogen) atoms. The lowest BCUT2D eigenvalue weighted by atomic mass is 10.1. The van der Waals surface area contributed by atoms with Crippen LogP contribution < -0.4 is 11.1 Å². The van der Waals surface area contributed by atoms with Crippen LogP contribution in [-0.4, -0.2) is 33.0 Å². The molecule has 0 fully saturated rings. The maximum atomic E-state index is 11.5. The highest BCUT2D eigenvalue weighted by Crippen LogP contribution is 2.11. The normalized spacial score (nSPS) is 12.3. The number of rotatable bonds is 5. The summed E-state index contributed by atoms with van der Waals surface area (Å²) in [4.78, 5) is 29.0. The molecule has 0 radical (unpaired) electrons. The molecule has 1 aromatic heterocycles. The Kier molecular flexibility index (Phi) is 3.76. The third-order valence-electron chi connectivity index (χ3n) is 2.68. The molecule has 1 unspecified atom stereocenters. The Morgan fingerprint density at radius 3 is 3.00 bits per heavy atom. The van der Waals surface area contributed by atoms with E-state index in [1.54, 1.807) is 6.33 Å².